The lowest BCUT2D eigenvalue weighted by molar-refractivity contribution is -0.124. The molecule has 28 heavy (non-hydrogen) atoms. The van der Waals surface area contributed by atoms with Crippen LogP contribution in [0.25, 0.3) is 10.8 Å². The standard InChI is InChI=1S/C21H21FN2O3S/c1-21(2,14-22)20(25)23-17-8-10-18(11-9-17)24-28(26,27)19-12-7-15-5-3-4-6-16(15)13-19/h3-13,24H,14H2,1-2H3,(H,23,25). The number of nitrogens with one attached hydrogen (secondary N) is 2. The van der Waals surface area contributed by atoms with Gasteiger partial charge in [-0.2, -0.15) is 0 Å². The van der Waals surface area contributed by atoms with Crippen LogP contribution in [-0.2, 0) is 14.8 Å². The van der Waals surface area contributed by atoms with E-state index in [-0.39, 0.29) is 4.90 Å². The number of carbonyl (C=O) groups is 1. The van der Waals surface area contributed by atoms with E-state index in [1.807, 2.05) is 24.3 Å². The van der Waals surface area contributed by atoms with Crippen LogP contribution >= 0.6 is 0 Å². The van der Waals surface area contributed by atoms with Crippen LogP contribution in [0.15, 0.2) is 71.6 Å². The average molecular weight is 400 g/mol. The van der Waals surface area contributed by atoms with Gasteiger partial charge in [0.15, 0.2) is 0 Å². The summed E-state index contributed by atoms with van der Waals surface area (Å²) in [6.45, 7) is 2.24. The zero-order chi connectivity index (χ0) is 20.4. The van der Waals surface area contributed by atoms with E-state index in [1.54, 1.807) is 30.3 Å². The van der Waals surface area contributed by atoms with E-state index in [2.05, 4.69) is 10.0 Å². The number of sulfonamides is 1. The summed E-state index contributed by atoms with van der Waals surface area (Å²) in [4.78, 5) is 12.2. The van der Waals surface area contributed by atoms with E-state index in [1.165, 1.54) is 26.0 Å². The Morgan fingerprint density at radius 2 is 1.54 bits per heavy atom. The minimum absolute atomic E-state index is 0.160. The molecule has 0 unspecified atom stereocenters. The van der Waals surface area contributed by atoms with Gasteiger partial charge in [0.05, 0.1) is 10.3 Å². The van der Waals surface area contributed by atoms with E-state index in [0.717, 1.165) is 10.8 Å². The van der Waals surface area contributed by atoms with Gasteiger partial charge in [-0.25, -0.2) is 12.8 Å². The maximum Gasteiger partial charge on any atom is 0.261 e. The first kappa shape index (κ1) is 19.8. The fraction of sp³-hybridized carbons (Fsp3) is 0.190. The third kappa shape index (κ3) is 4.31. The van der Waals surface area contributed by atoms with Gasteiger partial charge in [0.2, 0.25) is 5.91 Å². The summed E-state index contributed by atoms with van der Waals surface area (Å²) < 4.78 is 40.7. The molecule has 3 aromatic carbocycles. The molecule has 0 aliphatic carbocycles. The average Bonchev–Trinajstić information content (AvgIpc) is 2.68. The molecule has 0 radical (unpaired) electrons. The molecule has 1 amide bonds. The van der Waals surface area contributed by atoms with Crippen molar-refractivity contribution in [3.63, 3.8) is 0 Å². The molecule has 5 nitrogen and oxygen atoms in total. The molecule has 2 N–H and O–H groups in total. The third-order valence-corrected chi connectivity index (χ3v) is 5.75. The predicted octanol–water partition coefficient (Wildman–Crippen LogP) is 4.57. The van der Waals surface area contributed by atoms with E-state index < -0.39 is 28.0 Å². The smallest absolute Gasteiger partial charge is 0.261 e. The molecule has 0 aromatic heterocycles. The lowest BCUT2D eigenvalue weighted by Gasteiger charge is -2.19. The highest BCUT2D eigenvalue weighted by Crippen LogP contribution is 2.23. The molecule has 0 aliphatic heterocycles. The molecule has 0 atom stereocenters. The summed E-state index contributed by atoms with van der Waals surface area (Å²) >= 11 is 0. The van der Waals surface area contributed by atoms with E-state index in [4.69, 9.17) is 0 Å². The molecule has 3 aromatic rings. The molecule has 0 heterocycles. The van der Waals surface area contributed by atoms with Gasteiger partial charge in [-0.3, -0.25) is 9.52 Å². The Hall–Kier alpha value is -2.93. The Balaban J connectivity index is 1.76. The van der Waals surface area contributed by atoms with Gasteiger partial charge in [-0.15, -0.1) is 0 Å². The zero-order valence-electron chi connectivity index (χ0n) is 15.6. The largest absolute Gasteiger partial charge is 0.326 e. The van der Waals surface area contributed by atoms with Crippen LogP contribution in [0.4, 0.5) is 15.8 Å². The number of alkyl halides is 1. The molecule has 146 valence electrons. The molecule has 0 spiro atoms. The number of amides is 1. The second-order valence-electron chi connectivity index (χ2n) is 7.16. The van der Waals surface area contributed by atoms with Gasteiger partial charge in [0.25, 0.3) is 10.0 Å². The number of hydrogen-bond acceptors (Lipinski definition) is 3. The van der Waals surface area contributed by atoms with Crippen LogP contribution in [0.3, 0.4) is 0 Å². The van der Waals surface area contributed by atoms with Crippen LogP contribution < -0.4 is 10.0 Å². The summed E-state index contributed by atoms with van der Waals surface area (Å²) in [5.74, 6) is -0.445. The maximum atomic E-state index is 12.9. The molecule has 7 heteroatoms. The maximum absolute atomic E-state index is 12.9. The van der Waals surface area contributed by atoms with Crippen LogP contribution in [0.2, 0.25) is 0 Å². The minimum atomic E-state index is -3.75. The first-order chi connectivity index (χ1) is 13.2. The summed E-state index contributed by atoms with van der Waals surface area (Å²) in [7, 11) is -3.75. The van der Waals surface area contributed by atoms with Gasteiger partial charge in [0.1, 0.15) is 6.67 Å². The number of halogens is 1. The summed E-state index contributed by atoms with van der Waals surface area (Å²) in [5.41, 5.74) is -0.313. The monoisotopic (exact) mass is 400 g/mol. The van der Waals surface area contributed by atoms with Gasteiger partial charge in [-0.1, -0.05) is 30.3 Å². The number of anilines is 2. The van der Waals surface area contributed by atoms with Crippen molar-refractivity contribution < 1.29 is 17.6 Å². The number of rotatable bonds is 6. The Bertz CT molecular complexity index is 1110. The third-order valence-electron chi connectivity index (χ3n) is 4.37. The summed E-state index contributed by atoms with van der Waals surface area (Å²) in [6, 6.07) is 18.6. The molecular weight excluding hydrogens is 379 g/mol. The van der Waals surface area contributed by atoms with Crippen molar-refractivity contribution >= 4 is 38.1 Å². The normalized spacial score (nSPS) is 12.0. The second kappa shape index (κ2) is 7.59. The van der Waals surface area contributed by atoms with Crippen molar-refractivity contribution in [1.29, 1.82) is 0 Å². The number of hydrogen-bond donors (Lipinski definition) is 2. The highest BCUT2D eigenvalue weighted by Gasteiger charge is 2.27. The van der Waals surface area contributed by atoms with Crippen LogP contribution in [0.1, 0.15) is 13.8 Å². The fourth-order valence-electron chi connectivity index (χ4n) is 2.53. The van der Waals surface area contributed by atoms with Gasteiger partial charge in [0, 0.05) is 11.4 Å². The number of fused-ring (bicyclic) bond motifs is 1. The Labute approximate surface area is 163 Å². The van der Waals surface area contributed by atoms with E-state index >= 15 is 0 Å². The van der Waals surface area contributed by atoms with E-state index in [9.17, 15) is 17.6 Å². The highest BCUT2D eigenvalue weighted by molar-refractivity contribution is 7.92. The van der Waals surface area contributed by atoms with E-state index in [0.29, 0.717) is 11.4 Å². The fourth-order valence-corrected chi connectivity index (χ4v) is 3.62. The Morgan fingerprint density at radius 1 is 0.929 bits per heavy atom. The van der Waals surface area contributed by atoms with Gasteiger partial charge >= 0.3 is 0 Å². The molecule has 0 fully saturated rings. The minimum Gasteiger partial charge on any atom is -0.326 e. The quantitative estimate of drug-likeness (QED) is 0.636. The first-order valence-corrected chi connectivity index (χ1v) is 10.2. The Morgan fingerprint density at radius 3 is 2.18 bits per heavy atom. The highest BCUT2D eigenvalue weighted by atomic mass is 32.2. The first-order valence-electron chi connectivity index (χ1n) is 8.70. The summed E-state index contributed by atoms with van der Waals surface area (Å²) in [6.07, 6.45) is 0. The molecule has 0 aliphatic rings. The molecule has 0 saturated heterocycles. The molecule has 3 rings (SSSR count). The number of benzene rings is 3. The Kier molecular flexibility index (Phi) is 5.38. The zero-order valence-corrected chi connectivity index (χ0v) is 16.4. The molecular formula is C21H21FN2O3S. The van der Waals surface area contributed by atoms with Crippen molar-refractivity contribution in [2.24, 2.45) is 5.41 Å². The van der Waals surface area contributed by atoms with Crippen molar-refractivity contribution in [2.75, 3.05) is 16.7 Å². The van der Waals surface area contributed by atoms with Crippen molar-refractivity contribution in [3.05, 3.63) is 66.7 Å². The number of carbonyl (C=O) groups excluding carboxylic acids is 1. The predicted molar refractivity (Wildman–Crippen MR) is 110 cm³/mol. The lowest BCUT2D eigenvalue weighted by Crippen LogP contribution is -2.32. The van der Waals surface area contributed by atoms with Gasteiger partial charge in [-0.05, 0) is 61.0 Å². The molecule has 0 bridgehead atoms. The topological polar surface area (TPSA) is 75.3 Å². The van der Waals surface area contributed by atoms with Crippen molar-refractivity contribution in [2.45, 2.75) is 18.7 Å². The van der Waals surface area contributed by atoms with Crippen molar-refractivity contribution in [3.8, 4) is 0 Å². The van der Waals surface area contributed by atoms with Gasteiger partial charge < -0.3 is 5.32 Å². The summed E-state index contributed by atoms with van der Waals surface area (Å²) in [5, 5.41) is 4.41. The second-order valence-corrected chi connectivity index (χ2v) is 8.85. The van der Waals surface area contributed by atoms with Crippen molar-refractivity contribution in [1.82, 2.24) is 0 Å². The van der Waals surface area contributed by atoms with Crippen LogP contribution in [0.5, 0.6) is 0 Å². The van der Waals surface area contributed by atoms with Crippen LogP contribution in [0, 0.1) is 5.41 Å². The lowest BCUT2D eigenvalue weighted by atomic mass is 9.94. The SMILES string of the molecule is CC(C)(CF)C(=O)Nc1ccc(NS(=O)(=O)c2ccc3ccccc3c2)cc1. The van der Waals surface area contributed by atoms with Crippen LogP contribution in [-0.4, -0.2) is 21.0 Å². The molecule has 0 saturated carbocycles.